The van der Waals surface area contributed by atoms with Crippen LogP contribution in [0.1, 0.15) is 24.5 Å². The SMILES string of the molecule is CCOCC1CCS(=O)(=O)C12CN(Cc1ccc(C)cc1)C2. The molecule has 0 aliphatic carbocycles. The summed E-state index contributed by atoms with van der Waals surface area (Å²) in [6, 6.07) is 8.46. The van der Waals surface area contributed by atoms with Gasteiger partial charge in [-0.2, -0.15) is 0 Å². The van der Waals surface area contributed by atoms with Crippen molar-refractivity contribution in [3.63, 3.8) is 0 Å². The minimum absolute atomic E-state index is 0.159. The van der Waals surface area contributed by atoms with Gasteiger partial charge in [0.2, 0.25) is 0 Å². The molecule has 1 aromatic carbocycles. The van der Waals surface area contributed by atoms with Gasteiger partial charge in [0.1, 0.15) is 4.75 Å². The minimum atomic E-state index is -2.98. The molecule has 0 aromatic heterocycles. The highest BCUT2D eigenvalue weighted by Gasteiger charge is 2.61. The number of hydrogen-bond acceptors (Lipinski definition) is 4. The van der Waals surface area contributed by atoms with Gasteiger partial charge in [-0.1, -0.05) is 29.8 Å². The number of nitrogens with zero attached hydrogens (tertiary/aromatic N) is 1. The average Bonchev–Trinajstić information content (AvgIpc) is 2.70. The largest absolute Gasteiger partial charge is 0.381 e. The molecule has 22 heavy (non-hydrogen) atoms. The third kappa shape index (κ3) is 2.70. The Bertz CT molecular complexity index is 618. The number of aryl methyl sites for hydroxylation is 1. The summed E-state index contributed by atoms with van der Waals surface area (Å²) in [6.07, 6.45) is 0.751. The molecule has 2 aliphatic heterocycles. The number of rotatable bonds is 5. The zero-order valence-corrected chi connectivity index (χ0v) is 14.2. The lowest BCUT2D eigenvalue weighted by molar-refractivity contribution is 0.0292. The number of ether oxygens (including phenoxy) is 1. The van der Waals surface area contributed by atoms with Crippen molar-refractivity contribution in [3.8, 4) is 0 Å². The molecule has 0 N–H and O–H groups in total. The monoisotopic (exact) mass is 323 g/mol. The molecule has 0 amide bonds. The molecule has 1 spiro atoms. The fourth-order valence-electron chi connectivity index (χ4n) is 3.74. The summed E-state index contributed by atoms with van der Waals surface area (Å²) in [4.78, 5) is 2.24. The van der Waals surface area contributed by atoms with Gasteiger partial charge in [-0.05, 0) is 25.8 Å². The Morgan fingerprint density at radius 1 is 1.27 bits per heavy atom. The van der Waals surface area contributed by atoms with E-state index in [1.165, 1.54) is 11.1 Å². The molecule has 2 heterocycles. The second kappa shape index (κ2) is 5.95. The van der Waals surface area contributed by atoms with Crippen LogP contribution >= 0.6 is 0 Å². The molecule has 122 valence electrons. The molecule has 1 atom stereocenters. The number of sulfone groups is 1. The van der Waals surface area contributed by atoms with Crippen molar-refractivity contribution < 1.29 is 13.2 Å². The van der Waals surface area contributed by atoms with Gasteiger partial charge in [0.15, 0.2) is 9.84 Å². The molecule has 1 unspecified atom stereocenters. The molecule has 2 aliphatic rings. The fourth-order valence-corrected chi connectivity index (χ4v) is 6.20. The van der Waals surface area contributed by atoms with Gasteiger partial charge in [0.05, 0.1) is 12.4 Å². The Hall–Kier alpha value is -0.910. The Labute approximate surface area is 133 Å². The second-order valence-corrected chi connectivity index (χ2v) is 9.11. The fraction of sp³-hybridized carbons (Fsp3) is 0.647. The maximum absolute atomic E-state index is 12.5. The summed E-state index contributed by atoms with van der Waals surface area (Å²) in [5, 5.41) is 0. The Balaban J connectivity index is 1.66. The maximum atomic E-state index is 12.5. The summed E-state index contributed by atoms with van der Waals surface area (Å²) < 4.78 is 30.0. The predicted molar refractivity (Wildman–Crippen MR) is 87.6 cm³/mol. The van der Waals surface area contributed by atoms with Crippen LogP contribution in [0, 0.1) is 12.8 Å². The van der Waals surface area contributed by atoms with Gasteiger partial charge >= 0.3 is 0 Å². The lowest BCUT2D eigenvalue weighted by atomic mass is 9.83. The quantitative estimate of drug-likeness (QED) is 0.832. The van der Waals surface area contributed by atoms with Crippen LogP contribution in [0.3, 0.4) is 0 Å². The molecule has 0 bridgehead atoms. The van der Waals surface area contributed by atoms with Gasteiger partial charge in [-0.15, -0.1) is 0 Å². The third-order valence-corrected chi connectivity index (χ3v) is 7.73. The molecule has 5 heteroatoms. The maximum Gasteiger partial charge on any atom is 0.158 e. The molecule has 1 aromatic rings. The molecule has 4 nitrogen and oxygen atoms in total. The van der Waals surface area contributed by atoms with Crippen LogP contribution in [-0.2, 0) is 21.1 Å². The highest BCUT2D eigenvalue weighted by molar-refractivity contribution is 7.93. The standard InChI is InChI=1S/C17H25NO3S/c1-3-21-11-16-8-9-22(19,20)17(16)12-18(13-17)10-15-6-4-14(2)5-7-15/h4-7,16H,3,8-13H2,1-2H3. The summed E-state index contributed by atoms with van der Waals surface area (Å²) in [6.45, 7) is 7.40. The summed E-state index contributed by atoms with van der Waals surface area (Å²) in [5.74, 6) is 0.482. The van der Waals surface area contributed by atoms with Crippen molar-refractivity contribution in [1.82, 2.24) is 4.90 Å². The zero-order valence-electron chi connectivity index (χ0n) is 13.4. The Morgan fingerprint density at radius 2 is 1.95 bits per heavy atom. The number of benzene rings is 1. The Morgan fingerprint density at radius 3 is 2.59 bits per heavy atom. The van der Waals surface area contributed by atoms with Gasteiger partial charge in [-0.25, -0.2) is 8.42 Å². The normalized spacial score (nSPS) is 26.2. The van der Waals surface area contributed by atoms with Crippen molar-refractivity contribution in [2.75, 3.05) is 32.1 Å². The van der Waals surface area contributed by atoms with Gasteiger partial charge in [0.25, 0.3) is 0 Å². The molecule has 0 saturated carbocycles. The van der Waals surface area contributed by atoms with Crippen molar-refractivity contribution in [2.24, 2.45) is 5.92 Å². The first-order valence-corrected chi connectivity index (χ1v) is 9.70. The van der Waals surface area contributed by atoms with Gasteiger partial charge in [-0.3, -0.25) is 4.90 Å². The first-order valence-electron chi connectivity index (χ1n) is 8.05. The van der Waals surface area contributed by atoms with Crippen molar-refractivity contribution in [2.45, 2.75) is 31.6 Å². The average molecular weight is 323 g/mol. The van der Waals surface area contributed by atoms with Crippen molar-refractivity contribution in [1.29, 1.82) is 0 Å². The van der Waals surface area contributed by atoms with E-state index in [1.54, 1.807) is 0 Å². The van der Waals surface area contributed by atoms with Crippen LogP contribution in [0.4, 0.5) is 0 Å². The zero-order chi connectivity index (χ0) is 15.8. The van der Waals surface area contributed by atoms with E-state index in [1.807, 2.05) is 6.92 Å². The summed E-state index contributed by atoms with van der Waals surface area (Å²) >= 11 is 0. The molecule has 0 radical (unpaired) electrons. The smallest absolute Gasteiger partial charge is 0.158 e. The third-order valence-electron chi connectivity index (χ3n) is 5.13. The molecule has 2 saturated heterocycles. The lowest BCUT2D eigenvalue weighted by Gasteiger charge is -2.50. The highest BCUT2D eigenvalue weighted by Crippen LogP contribution is 2.45. The van der Waals surface area contributed by atoms with E-state index in [-0.39, 0.29) is 5.92 Å². The summed E-state index contributed by atoms with van der Waals surface area (Å²) in [7, 11) is -2.98. The van der Waals surface area contributed by atoms with E-state index in [2.05, 4.69) is 36.1 Å². The Kier molecular flexibility index (Phi) is 4.32. The predicted octanol–water partition coefficient (Wildman–Crippen LogP) is 2.02. The first-order chi connectivity index (χ1) is 10.5. The van der Waals surface area contributed by atoms with Crippen LogP contribution in [0.2, 0.25) is 0 Å². The molecular weight excluding hydrogens is 298 g/mol. The van der Waals surface area contributed by atoms with E-state index >= 15 is 0 Å². The summed E-state index contributed by atoms with van der Waals surface area (Å²) in [5.41, 5.74) is 2.50. The van der Waals surface area contributed by atoms with Gasteiger partial charge < -0.3 is 4.74 Å². The number of likely N-dealkylation sites (tertiary alicyclic amines) is 1. The highest BCUT2D eigenvalue weighted by atomic mass is 32.2. The van der Waals surface area contributed by atoms with E-state index in [0.29, 0.717) is 32.1 Å². The lowest BCUT2D eigenvalue weighted by Crippen LogP contribution is -2.67. The molecule has 2 fully saturated rings. The number of hydrogen-bond donors (Lipinski definition) is 0. The topological polar surface area (TPSA) is 46.6 Å². The van der Waals surface area contributed by atoms with Gasteiger partial charge in [0, 0.05) is 32.2 Å². The van der Waals surface area contributed by atoms with Crippen LogP contribution < -0.4 is 0 Å². The molecular formula is C17H25NO3S. The van der Waals surface area contributed by atoms with Crippen molar-refractivity contribution in [3.05, 3.63) is 35.4 Å². The van der Waals surface area contributed by atoms with E-state index in [4.69, 9.17) is 4.74 Å². The minimum Gasteiger partial charge on any atom is -0.381 e. The van der Waals surface area contributed by atoms with Crippen molar-refractivity contribution >= 4 is 9.84 Å². The second-order valence-electron chi connectivity index (χ2n) is 6.66. The van der Waals surface area contributed by atoms with Crippen LogP contribution in [0.25, 0.3) is 0 Å². The van der Waals surface area contributed by atoms with E-state index in [9.17, 15) is 8.42 Å². The van der Waals surface area contributed by atoms with E-state index < -0.39 is 14.6 Å². The molecule has 3 rings (SSSR count). The van der Waals surface area contributed by atoms with Crippen LogP contribution in [0.15, 0.2) is 24.3 Å². The van der Waals surface area contributed by atoms with Crippen LogP contribution in [-0.4, -0.2) is 50.1 Å². The first kappa shape index (κ1) is 16.0. The van der Waals surface area contributed by atoms with Crippen LogP contribution in [0.5, 0.6) is 0 Å². The van der Waals surface area contributed by atoms with E-state index in [0.717, 1.165) is 13.0 Å².